The van der Waals surface area contributed by atoms with E-state index in [9.17, 15) is 10.1 Å². The van der Waals surface area contributed by atoms with E-state index in [2.05, 4.69) is 22.2 Å². The van der Waals surface area contributed by atoms with Crippen LogP contribution in [-0.4, -0.2) is 19.5 Å². The Hall–Kier alpha value is -3.28. The highest BCUT2D eigenvalue weighted by atomic mass is 16.6. The van der Waals surface area contributed by atoms with E-state index in [4.69, 9.17) is 0 Å². The number of non-ortho nitro benzene ring substituents is 1. The maximum atomic E-state index is 10.8. The van der Waals surface area contributed by atoms with Crippen molar-refractivity contribution in [3.63, 3.8) is 0 Å². The summed E-state index contributed by atoms with van der Waals surface area (Å²) in [5, 5.41) is 15.2. The molecule has 0 fully saturated rings. The van der Waals surface area contributed by atoms with Crippen LogP contribution in [0.3, 0.4) is 0 Å². The van der Waals surface area contributed by atoms with E-state index >= 15 is 0 Å². The number of nitro benzene ring substituents is 1. The van der Waals surface area contributed by atoms with E-state index in [0.29, 0.717) is 0 Å². The summed E-state index contributed by atoms with van der Waals surface area (Å²) in [6.07, 6.45) is 11.7. The average Bonchev–Trinajstić information content (AvgIpc) is 3.24. The third kappa shape index (κ3) is 2.20. The van der Waals surface area contributed by atoms with Crippen molar-refractivity contribution in [1.82, 2.24) is 14.6 Å². The number of hydrogen-bond donors (Lipinski definition) is 0. The van der Waals surface area contributed by atoms with Gasteiger partial charge in [0.2, 0.25) is 0 Å². The van der Waals surface area contributed by atoms with Gasteiger partial charge in [0.25, 0.3) is 5.69 Å². The van der Waals surface area contributed by atoms with Crippen LogP contribution in [0.15, 0.2) is 67.0 Å². The predicted octanol–water partition coefficient (Wildman–Crippen LogP) is 3.51. The van der Waals surface area contributed by atoms with Crippen molar-refractivity contribution in [3.8, 4) is 11.1 Å². The maximum Gasteiger partial charge on any atom is 0.269 e. The minimum atomic E-state index is -0.408. The minimum absolute atomic E-state index is 0.0695. The van der Waals surface area contributed by atoms with Gasteiger partial charge in [0.15, 0.2) is 5.65 Å². The summed E-state index contributed by atoms with van der Waals surface area (Å²) >= 11 is 0. The van der Waals surface area contributed by atoms with Crippen LogP contribution in [0, 0.1) is 10.1 Å². The van der Waals surface area contributed by atoms with Crippen LogP contribution in [0.1, 0.15) is 11.6 Å². The van der Waals surface area contributed by atoms with Crippen LogP contribution in [0.4, 0.5) is 5.69 Å². The number of allylic oxidation sites excluding steroid dienone is 4. The number of fused-ring (bicyclic) bond motifs is 1. The van der Waals surface area contributed by atoms with Gasteiger partial charge in [-0.05, 0) is 23.8 Å². The van der Waals surface area contributed by atoms with Crippen molar-refractivity contribution < 1.29 is 4.92 Å². The predicted molar refractivity (Wildman–Crippen MR) is 86.1 cm³/mol. The smallest absolute Gasteiger partial charge is 0.258 e. The molecule has 0 N–H and O–H groups in total. The highest BCUT2D eigenvalue weighted by Crippen LogP contribution is 2.28. The molecule has 2 aromatic heterocycles. The van der Waals surface area contributed by atoms with Gasteiger partial charge < -0.3 is 0 Å². The van der Waals surface area contributed by atoms with Crippen LogP contribution < -0.4 is 0 Å². The molecule has 0 aliphatic heterocycles. The van der Waals surface area contributed by atoms with Gasteiger partial charge >= 0.3 is 0 Å². The van der Waals surface area contributed by atoms with Crippen molar-refractivity contribution in [2.45, 2.75) is 5.92 Å². The number of rotatable bonds is 3. The Kier molecular flexibility index (Phi) is 3.01. The Morgan fingerprint density at radius 3 is 2.52 bits per heavy atom. The normalized spacial score (nSPS) is 13.9. The Labute approximate surface area is 131 Å². The molecule has 0 radical (unpaired) electrons. The summed E-state index contributed by atoms with van der Waals surface area (Å²) in [6.45, 7) is 0. The zero-order valence-corrected chi connectivity index (χ0v) is 12.0. The summed E-state index contributed by atoms with van der Waals surface area (Å²) in [5.41, 5.74) is 3.55. The topological polar surface area (TPSA) is 73.3 Å². The molecule has 112 valence electrons. The first-order valence-electron chi connectivity index (χ1n) is 7.16. The lowest BCUT2D eigenvalue weighted by molar-refractivity contribution is -0.384. The van der Waals surface area contributed by atoms with Gasteiger partial charge in [-0.2, -0.15) is 5.10 Å². The monoisotopic (exact) mass is 304 g/mol. The molecule has 23 heavy (non-hydrogen) atoms. The van der Waals surface area contributed by atoms with Gasteiger partial charge in [0.05, 0.1) is 16.8 Å². The molecule has 0 bridgehead atoms. The fourth-order valence-electron chi connectivity index (χ4n) is 2.76. The number of hydrogen-bond acceptors (Lipinski definition) is 4. The standard InChI is InChI=1S/C17H12N4O2/c22-21(23)14-7-5-12(6-8-14)15-11-19-20-16(9-10-18-17(15)20)13-3-1-2-4-13/h1-11,13H. The van der Waals surface area contributed by atoms with E-state index in [1.165, 1.54) is 12.1 Å². The fraction of sp³-hybridized carbons (Fsp3) is 0.0588. The third-order valence-electron chi connectivity index (χ3n) is 3.91. The molecule has 0 atom stereocenters. The molecule has 1 aliphatic carbocycles. The summed E-state index contributed by atoms with van der Waals surface area (Å²) < 4.78 is 1.82. The van der Waals surface area contributed by atoms with Crippen LogP contribution in [-0.2, 0) is 0 Å². The molecule has 1 aromatic carbocycles. The molecule has 3 aromatic rings. The summed E-state index contributed by atoms with van der Waals surface area (Å²) in [4.78, 5) is 14.8. The first-order valence-corrected chi connectivity index (χ1v) is 7.16. The molecule has 0 unspecified atom stereocenters. The molecular weight excluding hydrogens is 292 g/mol. The number of nitrogens with zero attached hydrogens (tertiary/aromatic N) is 4. The van der Waals surface area contributed by atoms with Crippen LogP contribution >= 0.6 is 0 Å². The Balaban J connectivity index is 1.82. The SMILES string of the molecule is O=[N+]([O-])c1ccc(-c2cnn3c(C4C=CC=C4)ccnc23)cc1. The van der Waals surface area contributed by atoms with Gasteiger partial charge in [0.1, 0.15) is 0 Å². The molecule has 0 saturated heterocycles. The lowest BCUT2D eigenvalue weighted by Crippen LogP contribution is -2.02. The van der Waals surface area contributed by atoms with Crippen LogP contribution in [0.2, 0.25) is 0 Å². The van der Waals surface area contributed by atoms with Crippen molar-refractivity contribution >= 4 is 11.3 Å². The van der Waals surface area contributed by atoms with Gasteiger partial charge in [-0.25, -0.2) is 9.50 Å². The Morgan fingerprint density at radius 2 is 1.83 bits per heavy atom. The largest absolute Gasteiger partial charge is 0.269 e. The van der Waals surface area contributed by atoms with Crippen molar-refractivity contribution in [2.75, 3.05) is 0 Å². The fourth-order valence-corrected chi connectivity index (χ4v) is 2.76. The molecule has 0 saturated carbocycles. The molecule has 4 rings (SSSR count). The highest BCUT2D eigenvalue weighted by molar-refractivity contribution is 5.77. The molecule has 1 aliphatic rings. The first kappa shape index (κ1) is 13.4. The van der Waals surface area contributed by atoms with Crippen LogP contribution in [0.25, 0.3) is 16.8 Å². The molecule has 0 spiro atoms. The quantitative estimate of drug-likeness (QED) is 0.548. The summed E-state index contributed by atoms with van der Waals surface area (Å²) in [7, 11) is 0. The summed E-state index contributed by atoms with van der Waals surface area (Å²) in [5.74, 6) is 0.185. The number of nitro groups is 1. The first-order chi connectivity index (χ1) is 11.2. The van der Waals surface area contributed by atoms with Crippen molar-refractivity contribution in [3.05, 3.63) is 82.8 Å². The van der Waals surface area contributed by atoms with Crippen LogP contribution in [0.5, 0.6) is 0 Å². The van der Waals surface area contributed by atoms with E-state index in [1.807, 2.05) is 22.7 Å². The van der Waals surface area contributed by atoms with E-state index in [1.54, 1.807) is 24.5 Å². The lowest BCUT2D eigenvalue weighted by atomic mass is 10.1. The average molecular weight is 304 g/mol. The Morgan fingerprint density at radius 1 is 1.09 bits per heavy atom. The zero-order chi connectivity index (χ0) is 15.8. The summed E-state index contributed by atoms with van der Waals surface area (Å²) in [6, 6.07) is 8.37. The molecule has 2 heterocycles. The third-order valence-corrected chi connectivity index (χ3v) is 3.91. The highest BCUT2D eigenvalue weighted by Gasteiger charge is 2.16. The molecule has 6 nitrogen and oxygen atoms in total. The number of aromatic nitrogens is 3. The second-order valence-electron chi connectivity index (χ2n) is 5.26. The van der Waals surface area contributed by atoms with Crippen molar-refractivity contribution in [1.29, 1.82) is 0 Å². The van der Waals surface area contributed by atoms with E-state index < -0.39 is 4.92 Å². The van der Waals surface area contributed by atoms with E-state index in [-0.39, 0.29) is 11.6 Å². The van der Waals surface area contributed by atoms with E-state index in [0.717, 1.165) is 22.5 Å². The maximum absolute atomic E-state index is 10.8. The second kappa shape index (κ2) is 5.17. The number of benzene rings is 1. The lowest BCUT2D eigenvalue weighted by Gasteiger charge is -2.08. The van der Waals surface area contributed by atoms with Gasteiger partial charge in [-0.15, -0.1) is 0 Å². The van der Waals surface area contributed by atoms with Gasteiger partial charge in [0, 0.05) is 29.8 Å². The zero-order valence-electron chi connectivity index (χ0n) is 12.0. The minimum Gasteiger partial charge on any atom is -0.258 e. The van der Waals surface area contributed by atoms with Crippen molar-refractivity contribution in [2.24, 2.45) is 0 Å². The molecule has 0 amide bonds. The van der Waals surface area contributed by atoms with Gasteiger partial charge in [-0.1, -0.05) is 24.3 Å². The second-order valence-corrected chi connectivity index (χ2v) is 5.26. The Bertz CT molecular complexity index is 942. The molecule has 6 heteroatoms. The van der Waals surface area contributed by atoms with Gasteiger partial charge in [-0.3, -0.25) is 10.1 Å². The molecular formula is C17H12N4O2.